The highest BCUT2D eigenvalue weighted by atomic mass is 35.5. The summed E-state index contributed by atoms with van der Waals surface area (Å²) in [6.45, 7) is 0. The molecule has 4 nitrogen and oxygen atoms in total. The maximum Gasteiger partial charge on any atom is 0.418 e. The lowest BCUT2D eigenvalue weighted by atomic mass is 10.1. The van der Waals surface area contributed by atoms with Crippen LogP contribution in [0.25, 0.3) is 0 Å². The van der Waals surface area contributed by atoms with E-state index >= 15 is 0 Å². The quantitative estimate of drug-likeness (QED) is 0.401. The third-order valence-corrected chi connectivity index (χ3v) is 5.07. The van der Waals surface area contributed by atoms with E-state index < -0.39 is 35.1 Å². The number of benzene rings is 3. The first-order chi connectivity index (χ1) is 15.0. The number of nitrogens with one attached hydrogen (secondary N) is 2. The van der Waals surface area contributed by atoms with Crippen LogP contribution in [0.2, 0.25) is 10.0 Å². The van der Waals surface area contributed by atoms with Crippen LogP contribution in [-0.2, 0) is 17.4 Å². The highest BCUT2D eigenvalue weighted by Crippen LogP contribution is 2.37. The molecule has 10 heteroatoms. The number of hydrogen-bond donors (Lipinski definition) is 2. The average Bonchev–Trinajstić information content (AvgIpc) is 2.71. The maximum atomic E-state index is 13.6. The fourth-order valence-corrected chi connectivity index (χ4v) is 3.36. The Balaban J connectivity index is 1.81. The second-order valence-electron chi connectivity index (χ2n) is 6.64. The molecule has 0 aliphatic carbocycles. The Kier molecular flexibility index (Phi) is 7.06. The monoisotopic (exact) mass is 484 g/mol. The van der Waals surface area contributed by atoms with E-state index in [9.17, 15) is 27.2 Å². The number of anilines is 2. The van der Waals surface area contributed by atoms with E-state index in [1.165, 1.54) is 30.3 Å². The second-order valence-corrected chi connectivity index (χ2v) is 7.46. The molecule has 0 radical (unpaired) electrons. The summed E-state index contributed by atoms with van der Waals surface area (Å²) in [5.74, 6) is -2.03. The molecule has 0 fully saturated rings. The molecule has 0 unspecified atom stereocenters. The van der Waals surface area contributed by atoms with Gasteiger partial charge in [-0.3, -0.25) is 9.59 Å². The maximum absolute atomic E-state index is 13.6. The number of rotatable bonds is 5. The Morgan fingerprint density at radius 2 is 1.50 bits per heavy atom. The molecule has 0 spiro atoms. The van der Waals surface area contributed by atoms with Crippen LogP contribution in [0.5, 0.6) is 0 Å². The first kappa shape index (κ1) is 23.6. The van der Waals surface area contributed by atoms with Gasteiger partial charge in [-0.05, 0) is 60.2 Å². The molecule has 0 atom stereocenters. The Labute approximate surface area is 190 Å². The van der Waals surface area contributed by atoms with Gasteiger partial charge in [-0.15, -0.1) is 0 Å². The summed E-state index contributed by atoms with van der Waals surface area (Å²) in [7, 11) is 0. The minimum atomic E-state index is -4.82. The summed E-state index contributed by atoms with van der Waals surface area (Å²) < 4.78 is 53.8. The fourth-order valence-electron chi connectivity index (χ4n) is 2.83. The van der Waals surface area contributed by atoms with E-state index in [0.29, 0.717) is 6.07 Å². The van der Waals surface area contributed by atoms with E-state index in [-0.39, 0.29) is 33.3 Å². The number of carbonyl (C=O) groups excluding carboxylic acids is 2. The van der Waals surface area contributed by atoms with Gasteiger partial charge < -0.3 is 10.6 Å². The highest BCUT2D eigenvalue weighted by Gasteiger charge is 2.34. The Hall–Kier alpha value is -3.10. The molecule has 3 aromatic carbocycles. The largest absolute Gasteiger partial charge is 0.418 e. The summed E-state index contributed by atoms with van der Waals surface area (Å²) in [5.41, 5.74) is -1.46. The van der Waals surface area contributed by atoms with E-state index in [4.69, 9.17) is 23.2 Å². The molecular weight excluding hydrogens is 471 g/mol. The summed E-state index contributed by atoms with van der Waals surface area (Å²) in [5, 5.41) is 4.95. The van der Waals surface area contributed by atoms with Crippen LogP contribution in [0.15, 0.2) is 60.7 Å². The van der Waals surface area contributed by atoms with Crippen molar-refractivity contribution in [3.05, 3.63) is 93.2 Å². The Morgan fingerprint density at radius 3 is 2.09 bits per heavy atom. The molecule has 0 aliphatic rings. The van der Waals surface area contributed by atoms with E-state index in [0.717, 1.165) is 18.2 Å². The van der Waals surface area contributed by atoms with Crippen LogP contribution in [0.3, 0.4) is 0 Å². The molecular formula is C22H14Cl2F4N2O2. The smallest absolute Gasteiger partial charge is 0.325 e. The van der Waals surface area contributed by atoms with Crippen molar-refractivity contribution in [1.82, 2.24) is 0 Å². The normalized spacial score (nSPS) is 11.2. The zero-order valence-corrected chi connectivity index (χ0v) is 17.6. The summed E-state index contributed by atoms with van der Waals surface area (Å²) >= 11 is 12.0. The Bertz CT molecular complexity index is 1150. The Morgan fingerprint density at radius 1 is 0.875 bits per heavy atom. The topological polar surface area (TPSA) is 58.2 Å². The molecule has 0 saturated carbocycles. The third-order valence-electron chi connectivity index (χ3n) is 4.36. The van der Waals surface area contributed by atoms with Crippen LogP contribution in [0.4, 0.5) is 28.9 Å². The van der Waals surface area contributed by atoms with Crippen molar-refractivity contribution >= 4 is 46.4 Å². The molecule has 166 valence electrons. The van der Waals surface area contributed by atoms with Gasteiger partial charge in [-0.1, -0.05) is 29.3 Å². The second kappa shape index (κ2) is 9.58. The predicted octanol–water partition coefficient (Wildman–Crippen LogP) is 6.58. The van der Waals surface area contributed by atoms with Gasteiger partial charge in [0.05, 0.1) is 17.7 Å². The third kappa shape index (κ3) is 5.77. The molecule has 3 aromatic rings. The standard InChI is InChI=1S/C22H14Cl2F4N2O2/c23-17-2-1-3-18(24)15(17)11-20(31)30-19-9-8-14(10-16(19)22(26,27)28)29-21(32)12-4-6-13(25)7-5-12/h1-10H,11H2,(H,29,32)(H,30,31). The van der Waals surface area contributed by atoms with Gasteiger partial charge >= 0.3 is 6.18 Å². The van der Waals surface area contributed by atoms with Crippen molar-refractivity contribution in [3.8, 4) is 0 Å². The number of carbonyl (C=O) groups is 2. The first-order valence-corrected chi connectivity index (χ1v) is 9.81. The molecule has 0 heterocycles. The van der Waals surface area contributed by atoms with Gasteiger partial charge in [-0.2, -0.15) is 13.2 Å². The van der Waals surface area contributed by atoms with Crippen molar-refractivity contribution in [2.45, 2.75) is 12.6 Å². The predicted molar refractivity (Wildman–Crippen MR) is 115 cm³/mol. The first-order valence-electron chi connectivity index (χ1n) is 9.05. The fraction of sp³-hybridized carbons (Fsp3) is 0.0909. The molecule has 0 bridgehead atoms. The molecule has 2 N–H and O–H groups in total. The van der Waals surface area contributed by atoms with Crippen LogP contribution in [0.1, 0.15) is 21.5 Å². The summed E-state index contributed by atoms with van der Waals surface area (Å²) in [6, 6.07) is 12.0. The lowest BCUT2D eigenvalue weighted by Crippen LogP contribution is -2.19. The van der Waals surface area contributed by atoms with E-state index in [1.807, 2.05) is 0 Å². The summed E-state index contributed by atoms with van der Waals surface area (Å²) in [6.07, 6.45) is -5.15. The number of amides is 2. The zero-order chi connectivity index (χ0) is 23.5. The van der Waals surface area contributed by atoms with Gasteiger partial charge in [-0.25, -0.2) is 4.39 Å². The van der Waals surface area contributed by atoms with Gasteiger partial charge in [0.1, 0.15) is 5.82 Å². The van der Waals surface area contributed by atoms with Crippen molar-refractivity contribution in [2.24, 2.45) is 0 Å². The lowest BCUT2D eigenvalue weighted by Gasteiger charge is -2.16. The van der Waals surface area contributed by atoms with Gasteiger partial charge in [0, 0.05) is 21.3 Å². The zero-order valence-electron chi connectivity index (χ0n) is 16.1. The number of alkyl halides is 3. The van der Waals surface area contributed by atoms with E-state index in [1.54, 1.807) is 6.07 Å². The van der Waals surface area contributed by atoms with Crippen molar-refractivity contribution < 1.29 is 27.2 Å². The SMILES string of the molecule is O=C(Cc1c(Cl)cccc1Cl)Nc1ccc(NC(=O)c2ccc(F)cc2)cc1C(F)(F)F. The van der Waals surface area contributed by atoms with Crippen molar-refractivity contribution in [3.63, 3.8) is 0 Å². The minimum absolute atomic E-state index is 0.0638. The molecule has 0 aliphatic heterocycles. The van der Waals surface area contributed by atoms with Crippen molar-refractivity contribution in [1.29, 1.82) is 0 Å². The van der Waals surface area contributed by atoms with Crippen LogP contribution in [-0.4, -0.2) is 11.8 Å². The molecule has 32 heavy (non-hydrogen) atoms. The molecule has 2 amide bonds. The summed E-state index contributed by atoms with van der Waals surface area (Å²) in [4.78, 5) is 24.6. The van der Waals surface area contributed by atoms with Crippen LogP contribution in [0, 0.1) is 5.82 Å². The number of hydrogen-bond acceptors (Lipinski definition) is 2. The van der Waals surface area contributed by atoms with E-state index in [2.05, 4.69) is 10.6 Å². The minimum Gasteiger partial charge on any atom is -0.325 e. The van der Waals surface area contributed by atoms with Gasteiger partial charge in [0.15, 0.2) is 0 Å². The highest BCUT2D eigenvalue weighted by molar-refractivity contribution is 6.36. The molecule has 0 aromatic heterocycles. The lowest BCUT2D eigenvalue weighted by molar-refractivity contribution is -0.136. The molecule has 3 rings (SSSR count). The van der Waals surface area contributed by atoms with Gasteiger partial charge in [0.25, 0.3) is 5.91 Å². The van der Waals surface area contributed by atoms with Gasteiger partial charge in [0.2, 0.25) is 5.91 Å². The number of halogens is 6. The van der Waals surface area contributed by atoms with Crippen molar-refractivity contribution in [2.75, 3.05) is 10.6 Å². The average molecular weight is 485 g/mol. The molecule has 0 saturated heterocycles. The van der Waals surface area contributed by atoms with Crippen LogP contribution >= 0.6 is 23.2 Å². The van der Waals surface area contributed by atoms with Crippen LogP contribution < -0.4 is 10.6 Å².